The summed E-state index contributed by atoms with van der Waals surface area (Å²) in [6.45, 7) is 6.98. The number of amidine groups is 1. The third-order valence-electron chi connectivity index (χ3n) is 3.96. The van der Waals surface area contributed by atoms with E-state index < -0.39 is 0 Å². The fourth-order valence-electron chi connectivity index (χ4n) is 2.46. The second kappa shape index (κ2) is 7.09. The van der Waals surface area contributed by atoms with Crippen LogP contribution in [-0.2, 0) is 0 Å². The lowest BCUT2D eigenvalue weighted by Crippen LogP contribution is -2.38. The minimum Gasteiger partial charge on any atom is -0.307 e. The van der Waals surface area contributed by atoms with Crippen molar-refractivity contribution < 1.29 is 4.79 Å². The Morgan fingerprint density at radius 1 is 1.17 bits per heavy atom. The van der Waals surface area contributed by atoms with Crippen LogP contribution < -0.4 is 10.2 Å². The Kier molecular flexibility index (Phi) is 4.90. The maximum Gasteiger partial charge on any atom is 0.332 e. The molecular weight excluding hydrogens is 318 g/mol. The Labute approximate surface area is 147 Å². The number of nitrogens with zero attached hydrogens (tertiary/aromatic N) is 2. The van der Waals surface area contributed by atoms with Crippen LogP contribution in [0, 0.1) is 13.8 Å². The fraction of sp³-hybridized carbons (Fsp3) is 0.263. The zero-order valence-electron chi connectivity index (χ0n) is 14.1. The largest absolute Gasteiger partial charge is 0.332 e. The second-order valence-electron chi connectivity index (χ2n) is 5.95. The van der Waals surface area contributed by atoms with Crippen molar-refractivity contribution in [3.63, 3.8) is 0 Å². The van der Waals surface area contributed by atoms with Crippen LogP contribution in [0.2, 0.25) is 0 Å². The van der Waals surface area contributed by atoms with Crippen LogP contribution in [0.1, 0.15) is 18.1 Å². The highest BCUT2D eigenvalue weighted by molar-refractivity contribution is 8.15. The zero-order valence-corrected chi connectivity index (χ0v) is 14.9. The molecule has 1 heterocycles. The van der Waals surface area contributed by atoms with Gasteiger partial charge in [0.15, 0.2) is 5.17 Å². The summed E-state index contributed by atoms with van der Waals surface area (Å²) in [5, 5.41) is 4.10. The predicted molar refractivity (Wildman–Crippen MR) is 103 cm³/mol. The molecule has 4 nitrogen and oxygen atoms in total. The number of hydrogen-bond donors (Lipinski definition) is 1. The quantitative estimate of drug-likeness (QED) is 0.851. The number of benzene rings is 2. The second-order valence-corrected chi connectivity index (χ2v) is 7.36. The van der Waals surface area contributed by atoms with E-state index in [0.29, 0.717) is 5.25 Å². The van der Waals surface area contributed by atoms with Crippen molar-refractivity contribution in [3.05, 3.63) is 59.7 Å². The molecule has 0 saturated heterocycles. The summed E-state index contributed by atoms with van der Waals surface area (Å²) in [6, 6.07) is 15.3. The molecule has 0 radical (unpaired) electrons. The van der Waals surface area contributed by atoms with Gasteiger partial charge in [-0.2, -0.15) is 0 Å². The number of para-hydroxylation sites is 1. The lowest BCUT2D eigenvalue weighted by Gasteiger charge is -2.23. The summed E-state index contributed by atoms with van der Waals surface area (Å²) in [7, 11) is 0. The van der Waals surface area contributed by atoms with Crippen LogP contribution in [-0.4, -0.2) is 23.0 Å². The average molecular weight is 339 g/mol. The first-order valence-corrected chi connectivity index (χ1v) is 8.87. The number of carbonyl (C=O) groups is 1. The topological polar surface area (TPSA) is 44.7 Å². The number of aliphatic imine (C=N–C) groups is 1. The Morgan fingerprint density at radius 3 is 2.54 bits per heavy atom. The number of anilines is 2. The molecule has 1 aliphatic heterocycles. The lowest BCUT2D eigenvalue weighted by atomic mass is 10.1. The van der Waals surface area contributed by atoms with Crippen LogP contribution in [0.25, 0.3) is 0 Å². The number of thioether (sulfide) groups is 1. The Bertz CT molecular complexity index is 773. The zero-order chi connectivity index (χ0) is 17.1. The van der Waals surface area contributed by atoms with Crippen LogP contribution in [0.15, 0.2) is 53.5 Å². The van der Waals surface area contributed by atoms with Gasteiger partial charge in [-0.1, -0.05) is 43.0 Å². The first-order chi connectivity index (χ1) is 11.5. The third-order valence-corrected chi connectivity index (χ3v) is 5.03. The van der Waals surface area contributed by atoms with Crippen molar-refractivity contribution in [2.24, 2.45) is 4.99 Å². The van der Waals surface area contributed by atoms with Crippen molar-refractivity contribution in [1.82, 2.24) is 0 Å². The standard InChI is InChI=1S/C19H21N3OS/c1-13-9-10-17(11-14(13)2)22(19-20-12-15(3)24-19)18(23)21-16-7-5-4-6-8-16/h4-11,15H,12H2,1-3H3,(H,21,23)/t15-/m1/s1. The molecular formula is C19H21N3OS. The number of amides is 2. The summed E-state index contributed by atoms with van der Waals surface area (Å²) in [6.07, 6.45) is 0. The maximum atomic E-state index is 12.9. The molecule has 1 atom stereocenters. The third kappa shape index (κ3) is 3.62. The van der Waals surface area contributed by atoms with Crippen molar-refractivity contribution in [2.75, 3.05) is 16.8 Å². The molecule has 0 saturated carbocycles. The molecule has 124 valence electrons. The van der Waals surface area contributed by atoms with Gasteiger partial charge in [-0.15, -0.1) is 0 Å². The van der Waals surface area contributed by atoms with Gasteiger partial charge in [0.05, 0.1) is 12.2 Å². The molecule has 3 rings (SSSR count). The van der Waals surface area contributed by atoms with Gasteiger partial charge in [-0.25, -0.2) is 9.69 Å². The monoisotopic (exact) mass is 339 g/mol. The molecule has 2 aromatic carbocycles. The van der Waals surface area contributed by atoms with Gasteiger partial charge < -0.3 is 5.32 Å². The number of rotatable bonds is 2. The highest BCUT2D eigenvalue weighted by atomic mass is 32.2. The highest BCUT2D eigenvalue weighted by Crippen LogP contribution is 2.29. The van der Waals surface area contributed by atoms with Gasteiger partial charge in [-0.05, 0) is 49.2 Å². The van der Waals surface area contributed by atoms with Crippen LogP contribution in [0.4, 0.5) is 16.2 Å². The maximum absolute atomic E-state index is 12.9. The molecule has 0 unspecified atom stereocenters. The fourth-order valence-corrected chi connectivity index (χ4v) is 3.42. The molecule has 1 N–H and O–H groups in total. The summed E-state index contributed by atoms with van der Waals surface area (Å²) < 4.78 is 0. The average Bonchev–Trinajstić information content (AvgIpc) is 2.98. The molecule has 2 aromatic rings. The van der Waals surface area contributed by atoms with Gasteiger partial charge in [-0.3, -0.25) is 4.99 Å². The summed E-state index contributed by atoms with van der Waals surface area (Å²) in [5.41, 5.74) is 3.97. The van der Waals surface area contributed by atoms with E-state index in [1.807, 2.05) is 48.5 Å². The number of nitrogens with one attached hydrogen (secondary N) is 1. The first kappa shape index (κ1) is 16.6. The van der Waals surface area contributed by atoms with Gasteiger partial charge >= 0.3 is 6.03 Å². The predicted octanol–water partition coefficient (Wildman–Crippen LogP) is 4.83. The highest BCUT2D eigenvalue weighted by Gasteiger charge is 2.27. The van der Waals surface area contributed by atoms with Gasteiger partial charge in [0.1, 0.15) is 0 Å². The molecule has 2 amide bonds. The SMILES string of the molecule is Cc1ccc(N(C(=O)Nc2ccccc2)C2=NC[C@@H](C)S2)cc1C. The normalized spacial score (nSPS) is 16.6. The number of aryl methyl sites for hydroxylation is 2. The van der Waals surface area contributed by atoms with E-state index in [1.165, 1.54) is 5.56 Å². The van der Waals surface area contributed by atoms with Crippen LogP contribution >= 0.6 is 11.8 Å². The minimum absolute atomic E-state index is 0.190. The van der Waals surface area contributed by atoms with Crippen LogP contribution in [0.5, 0.6) is 0 Å². The van der Waals surface area contributed by atoms with E-state index in [4.69, 9.17) is 0 Å². The first-order valence-electron chi connectivity index (χ1n) is 7.99. The molecule has 5 heteroatoms. The molecule has 0 aromatic heterocycles. The summed E-state index contributed by atoms with van der Waals surface area (Å²) >= 11 is 1.63. The Balaban J connectivity index is 1.92. The van der Waals surface area contributed by atoms with Crippen molar-refractivity contribution in [1.29, 1.82) is 0 Å². The lowest BCUT2D eigenvalue weighted by molar-refractivity contribution is 0.259. The van der Waals surface area contributed by atoms with Gasteiger partial charge in [0.2, 0.25) is 0 Å². The smallest absolute Gasteiger partial charge is 0.307 e. The molecule has 1 aliphatic rings. The number of carbonyl (C=O) groups excluding carboxylic acids is 1. The summed E-state index contributed by atoms with van der Waals surface area (Å²) in [4.78, 5) is 19.2. The molecule has 24 heavy (non-hydrogen) atoms. The summed E-state index contributed by atoms with van der Waals surface area (Å²) in [5.74, 6) is 0. The van der Waals surface area contributed by atoms with Crippen LogP contribution in [0.3, 0.4) is 0 Å². The van der Waals surface area contributed by atoms with Gasteiger partial charge in [0.25, 0.3) is 0 Å². The van der Waals surface area contributed by atoms with E-state index >= 15 is 0 Å². The van der Waals surface area contributed by atoms with Crippen molar-refractivity contribution in [3.8, 4) is 0 Å². The van der Waals surface area contributed by atoms with Gasteiger partial charge in [0, 0.05) is 10.9 Å². The Morgan fingerprint density at radius 2 is 1.92 bits per heavy atom. The van der Waals surface area contributed by atoms with E-state index in [0.717, 1.165) is 28.7 Å². The molecule has 0 bridgehead atoms. The van der Waals surface area contributed by atoms with Crippen molar-refractivity contribution >= 4 is 34.3 Å². The molecule has 0 fully saturated rings. The van der Waals surface area contributed by atoms with E-state index in [9.17, 15) is 4.79 Å². The van der Waals surface area contributed by atoms with Crippen molar-refractivity contribution in [2.45, 2.75) is 26.0 Å². The molecule has 0 spiro atoms. The van der Waals surface area contributed by atoms with E-state index in [2.05, 4.69) is 31.1 Å². The minimum atomic E-state index is -0.190. The number of urea groups is 1. The van der Waals surface area contributed by atoms with E-state index in [1.54, 1.807) is 16.7 Å². The molecule has 0 aliphatic carbocycles. The number of hydrogen-bond acceptors (Lipinski definition) is 3. The Hall–Kier alpha value is -2.27. The van der Waals surface area contributed by atoms with E-state index in [-0.39, 0.29) is 6.03 Å².